The van der Waals surface area contributed by atoms with Crippen LogP contribution in [0, 0.1) is 13.8 Å². The Morgan fingerprint density at radius 1 is 1.36 bits per heavy atom. The highest BCUT2D eigenvalue weighted by atomic mass is 32.1. The zero-order valence-electron chi connectivity index (χ0n) is 9.77. The topological polar surface area (TPSA) is 24.9 Å². The van der Waals surface area contributed by atoms with Gasteiger partial charge in [-0.15, -0.1) is 11.3 Å². The highest BCUT2D eigenvalue weighted by molar-refractivity contribution is 7.11. The van der Waals surface area contributed by atoms with Gasteiger partial charge >= 0.3 is 0 Å². The maximum atomic E-state index is 4.50. The van der Waals surface area contributed by atoms with Gasteiger partial charge in [0.05, 0.1) is 5.69 Å². The van der Waals surface area contributed by atoms with E-state index in [1.165, 1.54) is 15.6 Å². The minimum atomic E-state index is 0.216. The second kappa shape index (κ2) is 4.41. The Bertz CT molecular complexity index is 283. The first-order chi connectivity index (χ1) is 6.44. The summed E-state index contributed by atoms with van der Waals surface area (Å²) in [4.78, 5) is 5.83. The third kappa shape index (κ3) is 3.07. The fraction of sp³-hybridized carbons (Fsp3) is 0.727. The first-order valence-corrected chi connectivity index (χ1v) is 5.94. The number of rotatable bonds is 4. The Hall–Kier alpha value is -0.410. The molecule has 0 aliphatic carbocycles. The summed E-state index contributed by atoms with van der Waals surface area (Å²) in [5.74, 6) is 0. The predicted molar refractivity (Wildman–Crippen MR) is 62.8 cm³/mol. The van der Waals surface area contributed by atoms with E-state index in [9.17, 15) is 0 Å². The van der Waals surface area contributed by atoms with Crippen LogP contribution >= 0.6 is 11.3 Å². The van der Waals surface area contributed by atoms with E-state index in [1.54, 1.807) is 11.3 Å². The molecular weight excluding hydrogens is 192 g/mol. The molecule has 0 fully saturated rings. The fourth-order valence-electron chi connectivity index (χ4n) is 1.05. The average Bonchev–Trinajstić information content (AvgIpc) is 2.44. The molecule has 80 valence electrons. The van der Waals surface area contributed by atoms with E-state index in [0.717, 1.165) is 13.0 Å². The SMILES string of the molecule is CCC(C)(C)NCc1nc(C)c(C)s1. The molecule has 1 heterocycles. The molecular formula is C11H20N2S. The lowest BCUT2D eigenvalue weighted by molar-refractivity contribution is 0.374. The van der Waals surface area contributed by atoms with Gasteiger partial charge in [-0.3, -0.25) is 0 Å². The number of nitrogens with one attached hydrogen (secondary N) is 1. The second-order valence-corrected chi connectivity index (χ2v) is 5.63. The van der Waals surface area contributed by atoms with E-state index >= 15 is 0 Å². The number of hydrogen-bond acceptors (Lipinski definition) is 3. The summed E-state index contributed by atoms with van der Waals surface area (Å²) in [5.41, 5.74) is 1.38. The molecule has 1 rings (SSSR count). The molecule has 0 amide bonds. The minimum absolute atomic E-state index is 0.216. The molecule has 0 saturated carbocycles. The molecule has 0 atom stereocenters. The molecule has 0 aliphatic heterocycles. The van der Waals surface area contributed by atoms with Crippen LogP contribution in [0.25, 0.3) is 0 Å². The van der Waals surface area contributed by atoms with Crippen LogP contribution in [0.2, 0.25) is 0 Å². The molecule has 2 nitrogen and oxygen atoms in total. The first-order valence-electron chi connectivity index (χ1n) is 5.12. The van der Waals surface area contributed by atoms with Crippen molar-refractivity contribution in [1.82, 2.24) is 10.3 Å². The van der Waals surface area contributed by atoms with Crippen molar-refractivity contribution in [2.45, 2.75) is 53.1 Å². The quantitative estimate of drug-likeness (QED) is 0.830. The number of hydrogen-bond donors (Lipinski definition) is 1. The lowest BCUT2D eigenvalue weighted by Gasteiger charge is -2.23. The molecule has 0 aromatic carbocycles. The molecule has 0 unspecified atom stereocenters. The van der Waals surface area contributed by atoms with Crippen molar-refractivity contribution in [2.24, 2.45) is 0 Å². The Morgan fingerprint density at radius 2 is 2.00 bits per heavy atom. The Kier molecular flexibility index (Phi) is 3.67. The first kappa shape index (κ1) is 11.7. The van der Waals surface area contributed by atoms with Crippen molar-refractivity contribution in [3.8, 4) is 0 Å². The molecule has 1 N–H and O–H groups in total. The van der Waals surface area contributed by atoms with Crippen LogP contribution in [-0.2, 0) is 6.54 Å². The summed E-state index contributed by atoms with van der Waals surface area (Å²) in [6.07, 6.45) is 1.14. The van der Waals surface area contributed by atoms with Crippen molar-refractivity contribution >= 4 is 11.3 Å². The predicted octanol–water partition coefficient (Wildman–Crippen LogP) is 3.04. The van der Waals surface area contributed by atoms with Crippen LogP contribution in [0.4, 0.5) is 0 Å². The smallest absolute Gasteiger partial charge is 0.107 e. The van der Waals surface area contributed by atoms with Gasteiger partial charge in [0.2, 0.25) is 0 Å². The number of thiazole rings is 1. The van der Waals surface area contributed by atoms with Crippen LogP contribution in [0.5, 0.6) is 0 Å². The van der Waals surface area contributed by atoms with Gasteiger partial charge in [0.25, 0.3) is 0 Å². The third-order valence-corrected chi connectivity index (χ3v) is 3.75. The summed E-state index contributed by atoms with van der Waals surface area (Å²) in [6.45, 7) is 11.7. The Balaban J connectivity index is 2.54. The van der Waals surface area contributed by atoms with Crippen LogP contribution in [0.15, 0.2) is 0 Å². The molecule has 0 saturated heterocycles. The van der Waals surface area contributed by atoms with Crippen LogP contribution in [0.1, 0.15) is 42.8 Å². The molecule has 1 aromatic heterocycles. The van der Waals surface area contributed by atoms with Crippen molar-refractivity contribution in [1.29, 1.82) is 0 Å². The van der Waals surface area contributed by atoms with Crippen LogP contribution in [-0.4, -0.2) is 10.5 Å². The summed E-state index contributed by atoms with van der Waals surface area (Å²) in [7, 11) is 0. The monoisotopic (exact) mass is 212 g/mol. The molecule has 3 heteroatoms. The van der Waals surface area contributed by atoms with E-state index in [0.29, 0.717) is 0 Å². The molecule has 0 bridgehead atoms. The van der Waals surface area contributed by atoms with Gasteiger partial charge in [-0.1, -0.05) is 6.92 Å². The van der Waals surface area contributed by atoms with E-state index in [-0.39, 0.29) is 5.54 Å². The number of aryl methyl sites for hydroxylation is 2. The summed E-state index contributed by atoms with van der Waals surface area (Å²) in [5, 5.41) is 4.71. The maximum absolute atomic E-state index is 4.50. The van der Waals surface area contributed by atoms with E-state index in [4.69, 9.17) is 0 Å². The summed E-state index contributed by atoms with van der Waals surface area (Å²) in [6, 6.07) is 0. The number of nitrogens with zero attached hydrogens (tertiary/aromatic N) is 1. The standard InChI is InChI=1S/C11H20N2S/c1-6-11(4,5)12-7-10-13-8(2)9(3)14-10/h12H,6-7H2,1-5H3. The molecule has 0 aliphatic rings. The maximum Gasteiger partial charge on any atom is 0.107 e. The van der Waals surface area contributed by atoms with Crippen molar-refractivity contribution < 1.29 is 0 Å². The van der Waals surface area contributed by atoms with Gasteiger partial charge in [0.15, 0.2) is 0 Å². The second-order valence-electron chi connectivity index (χ2n) is 4.34. The van der Waals surface area contributed by atoms with Gasteiger partial charge in [-0.2, -0.15) is 0 Å². The third-order valence-electron chi connectivity index (χ3n) is 2.67. The zero-order valence-corrected chi connectivity index (χ0v) is 10.6. The lowest BCUT2D eigenvalue weighted by Crippen LogP contribution is -2.37. The highest BCUT2D eigenvalue weighted by Gasteiger charge is 2.14. The zero-order chi connectivity index (χ0) is 10.8. The van der Waals surface area contributed by atoms with Crippen molar-refractivity contribution in [2.75, 3.05) is 0 Å². The molecule has 0 spiro atoms. The van der Waals surface area contributed by atoms with Gasteiger partial charge in [0, 0.05) is 17.0 Å². The lowest BCUT2D eigenvalue weighted by atomic mass is 10.0. The normalized spacial score (nSPS) is 12.1. The molecule has 14 heavy (non-hydrogen) atoms. The Morgan fingerprint density at radius 3 is 2.43 bits per heavy atom. The fourth-order valence-corrected chi connectivity index (χ4v) is 1.93. The van der Waals surface area contributed by atoms with Crippen LogP contribution < -0.4 is 5.32 Å². The van der Waals surface area contributed by atoms with Gasteiger partial charge in [-0.05, 0) is 34.1 Å². The summed E-state index contributed by atoms with van der Waals surface area (Å²) < 4.78 is 0. The minimum Gasteiger partial charge on any atom is -0.305 e. The van der Waals surface area contributed by atoms with Gasteiger partial charge in [-0.25, -0.2) is 4.98 Å². The molecule has 1 aromatic rings. The van der Waals surface area contributed by atoms with E-state index < -0.39 is 0 Å². The highest BCUT2D eigenvalue weighted by Crippen LogP contribution is 2.17. The van der Waals surface area contributed by atoms with E-state index in [2.05, 4.69) is 44.9 Å². The largest absolute Gasteiger partial charge is 0.305 e. The van der Waals surface area contributed by atoms with Crippen LogP contribution in [0.3, 0.4) is 0 Å². The molecule has 0 radical (unpaired) electrons. The summed E-state index contributed by atoms with van der Waals surface area (Å²) >= 11 is 1.79. The van der Waals surface area contributed by atoms with Crippen molar-refractivity contribution in [3.05, 3.63) is 15.6 Å². The van der Waals surface area contributed by atoms with Gasteiger partial charge < -0.3 is 5.32 Å². The average molecular weight is 212 g/mol. The number of aromatic nitrogens is 1. The van der Waals surface area contributed by atoms with Crippen molar-refractivity contribution in [3.63, 3.8) is 0 Å². The van der Waals surface area contributed by atoms with Gasteiger partial charge in [0.1, 0.15) is 5.01 Å². The Labute approximate surface area is 90.8 Å². The van der Waals surface area contributed by atoms with E-state index in [1.807, 2.05) is 0 Å².